The number of aromatic nitrogens is 1. The van der Waals surface area contributed by atoms with Crippen molar-refractivity contribution in [3.8, 4) is 0 Å². The average Bonchev–Trinajstić information content (AvgIpc) is 3.24. The van der Waals surface area contributed by atoms with E-state index in [9.17, 15) is 27.1 Å². The van der Waals surface area contributed by atoms with E-state index in [2.05, 4.69) is 0 Å². The van der Waals surface area contributed by atoms with Crippen molar-refractivity contribution in [2.45, 2.75) is 57.1 Å². The Kier molecular flexibility index (Phi) is 7.83. The number of alkyl halides is 2. The molecule has 0 saturated heterocycles. The Balaban J connectivity index is 2.03. The van der Waals surface area contributed by atoms with Gasteiger partial charge in [-0.3, -0.25) is 0 Å². The van der Waals surface area contributed by atoms with E-state index < -0.39 is 33.6 Å². The Hall–Kier alpha value is -2.98. The third-order valence-electron chi connectivity index (χ3n) is 6.16. The zero-order valence-electron chi connectivity index (χ0n) is 22.3. The molecule has 212 valence electrons. The molecule has 11 heteroatoms. The fraction of sp³-hybridized carbons (Fsp3) is 0.276. The molecule has 0 aliphatic carbocycles. The number of fused-ring (bicyclic) bond motifs is 1. The number of carbonyl (C=O) groups is 1. The molecule has 1 aromatic heterocycles. The number of hydrogen-bond acceptors (Lipinski definition) is 5. The predicted octanol–water partition coefficient (Wildman–Crippen LogP) is 7.64. The molecular weight excluding hydrogens is 583 g/mol. The highest BCUT2D eigenvalue weighted by Gasteiger charge is 2.33. The van der Waals surface area contributed by atoms with E-state index in [1.54, 1.807) is 26.8 Å². The number of halogens is 4. The van der Waals surface area contributed by atoms with Gasteiger partial charge in [0.15, 0.2) is 0 Å². The van der Waals surface area contributed by atoms with Crippen LogP contribution in [0.5, 0.6) is 0 Å². The van der Waals surface area contributed by atoms with Gasteiger partial charge in [-0.15, -0.1) is 0 Å². The van der Waals surface area contributed by atoms with Crippen LogP contribution in [0, 0.1) is 6.92 Å². The number of aryl methyl sites for hydroxylation is 1. The Labute approximate surface area is 241 Å². The molecule has 0 aliphatic heterocycles. The van der Waals surface area contributed by atoms with Crippen LogP contribution in [-0.4, -0.2) is 29.1 Å². The number of aliphatic hydroxyl groups is 1. The number of rotatable bonds is 6. The maximum Gasteiger partial charge on any atom is 0.340 e. The van der Waals surface area contributed by atoms with Crippen LogP contribution in [0.3, 0.4) is 0 Å². The van der Waals surface area contributed by atoms with Gasteiger partial charge in [0.05, 0.1) is 26.7 Å². The summed E-state index contributed by atoms with van der Waals surface area (Å²) >= 11 is 13.0. The summed E-state index contributed by atoms with van der Waals surface area (Å²) < 4.78 is 62.8. The molecule has 1 atom stereocenters. The summed E-state index contributed by atoms with van der Waals surface area (Å²) in [5.41, 5.74) is -1.26. The summed E-state index contributed by atoms with van der Waals surface area (Å²) in [6, 6.07) is 13.8. The third kappa shape index (κ3) is 5.61. The molecule has 0 aliphatic rings. The van der Waals surface area contributed by atoms with Gasteiger partial charge in [0, 0.05) is 28.5 Å². The number of carbonyl (C=O) groups excluding carboxylic acids is 1. The van der Waals surface area contributed by atoms with Crippen molar-refractivity contribution in [3.63, 3.8) is 0 Å². The van der Waals surface area contributed by atoms with Gasteiger partial charge >= 0.3 is 5.97 Å². The average molecular weight is 611 g/mol. The van der Waals surface area contributed by atoms with Crippen LogP contribution < -0.4 is 0 Å². The van der Waals surface area contributed by atoms with Crippen molar-refractivity contribution in [1.29, 1.82) is 0 Å². The smallest absolute Gasteiger partial charge is 0.340 e. The van der Waals surface area contributed by atoms with Crippen LogP contribution in [-0.2, 0) is 20.7 Å². The Morgan fingerprint density at radius 2 is 1.62 bits per heavy atom. The van der Waals surface area contributed by atoms with Crippen molar-refractivity contribution in [3.05, 3.63) is 98.7 Å². The minimum Gasteiger partial charge on any atom is -0.456 e. The molecule has 1 N–H and O–H groups in total. The van der Waals surface area contributed by atoms with Crippen LogP contribution in [0.1, 0.15) is 66.5 Å². The number of benzene rings is 3. The lowest BCUT2D eigenvalue weighted by atomic mass is 10.0. The molecule has 40 heavy (non-hydrogen) atoms. The second-order valence-corrected chi connectivity index (χ2v) is 13.1. The van der Waals surface area contributed by atoms with Gasteiger partial charge < -0.3 is 9.84 Å². The summed E-state index contributed by atoms with van der Waals surface area (Å²) in [5, 5.41) is 11.5. The fourth-order valence-electron chi connectivity index (χ4n) is 4.40. The van der Waals surface area contributed by atoms with E-state index in [0.29, 0.717) is 0 Å². The standard InChI is InChI=1S/C29H27Cl2F2NO5S/c1-16-13-18(29(5,32)33)14-17-15-22(34(25(16)17)40(37,38)19-9-7-6-8-10-19)26(35)23-21(30)12-11-20(24(23)31)27(36)39-28(2,3)4/h6-15,26,35H,1-5H3. The highest BCUT2D eigenvalue weighted by atomic mass is 35.5. The van der Waals surface area contributed by atoms with Gasteiger partial charge in [0.1, 0.15) is 11.7 Å². The third-order valence-corrected chi connectivity index (χ3v) is 8.64. The first-order valence-corrected chi connectivity index (χ1v) is 14.4. The van der Waals surface area contributed by atoms with Crippen molar-refractivity contribution < 1.29 is 31.8 Å². The van der Waals surface area contributed by atoms with Crippen LogP contribution in [0.15, 0.2) is 65.6 Å². The largest absolute Gasteiger partial charge is 0.456 e. The van der Waals surface area contributed by atoms with E-state index in [-0.39, 0.29) is 53.8 Å². The number of hydrogen-bond donors (Lipinski definition) is 1. The molecule has 1 heterocycles. The van der Waals surface area contributed by atoms with Crippen molar-refractivity contribution in [2.75, 3.05) is 0 Å². The molecule has 0 saturated carbocycles. The number of ether oxygens (including phenoxy) is 1. The van der Waals surface area contributed by atoms with Crippen LogP contribution in [0.25, 0.3) is 10.9 Å². The molecule has 4 aromatic rings. The second kappa shape index (κ2) is 10.4. The quantitative estimate of drug-likeness (QED) is 0.227. The van der Waals surface area contributed by atoms with Crippen molar-refractivity contribution in [2.24, 2.45) is 0 Å². The summed E-state index contributed by atoms with van der Waals surface area (Å²) in [6.07, 6.45) is -1.78. The molecule has 4 rings (SSSR count). The van der Waals surface area contributed by atoms with Gasteiger partial charge in [-0.1, -0.05) is 41.4 Å². The lowest BCUT2D eigenvalue weighted by Gasteiger charge is -2.22. The second-order valence-electron chi connectivity index (χ2n) is 10.5. The summed E-state index contributed by atoms with van der Waals surface area (Å²) in [7, 11) is -4.36. The topological polar surface area (TPSA) is 85.6 Å². The lowest BCUT2D eigenvalue weighted by molar-refractivity contribution is 0.00687. The number of esters is 1. The summed E-state index contributed by atoms with van der Waals surface area (Å²) in [6.45, 7) is 7.27. The minimum absolute atomic E-state index is 0.0452. The zero-order chi connectivity index (χ0) is 29.8. The Morgan fingerprint density at radius 1 is 1.00 bits per heavy atom. The van der Waals surface area contributed by atoms with E-state index in [4.69, 9.17) is 27.9 Å². The molecule has 0 amide bonds. The molecule has 0 spiro atoms. The lowest BCUT2D eigenvalue weighted by Crippen LogP contribution is -2.24. The predicted molar refractivity (Wildman–Crippen MR) is 151 cm³/mol. The van der Waals surface area contributed by atoms with E-state index in [1.165, 1.54) is 61.5 Å². The van der Waals surface area contributed by atoms with Gasteiger partial charge in [0.2, 0.25) is 0 Å². The van der Waals surface area contributed by atoms with Crippen LogP contribution in [0.2, 0.25) is 10.0 Å². The highest BCUT2D eigenvalue weighted by Crippen LogP contribution is 2.41. The first kappa shape index (κ1) is 30.0. The Bertz CT molecular complexity index is 1720. The van der Waals surface area contributed by atoms with Gasteiger partial charge in [-0.05, 0) is 75.7 Å². The van der Waals surface area contributed by atoms with Crippen LogP contribution in [0.4, 0.5) is 8.78 Å². The molecule has 6 nitrogen and oxygen atoms in total. The number of aliphatic hydroxyl groups excluding tert-OH is 1. The van der Waals surface area contributed by atoms with Crippen LogP contribution >= 0.6 is 23.2 Å². The van der Waals surface area contributed by atoms with Crippen molar-refractivity contribution >= 4 is 50.1 Å². The molecule has 0 fully saturated rings. The van der Waals surface area contributed by atoms with Gasteiger partial charge in [-0.25, -0.2) is 26.0 Å². The summed E-state index contributed by atoms with van der Waals surface area (Å²) in [4.78, 5) is 12.7. The fourth-order valence-corrected chi connectivity index (χ4v) is 6.69. The number of nitrogens with zero attached hydrogens (tertiary/aromatic N) is 1. The molecule has 1 unspecified atom stereocenters. The first-order valence-electron chi connectivity index (χ1n) is 12.2. The SMILES string of the molecule is Cc1cc(C(C)(F)F)cc2cc(C(O)c3c(Cl)ccc(C(=O)OC(C)(C)C)c3Cl)n(S(=O)(=O)c3ccccc3)c12. The van der Waals surface area contributed by atoms with E-state index >= 15 is 0 Å². The zero-order valence-corrected chi connectivity index (χ0v) is 24.6. The maximum atomic E-state index is 14.3. The minimum atomic E-state index is -4.36. The van der Waals surface area contributed by atoms with Gasteiger partial charge in [-0.2, -0.15) is 0 Å². The monoisotopic (exact) mass is 609 g/mol. The van der Waals surface area contributed by atoms with E-state index in [0.717, 1.165) is 10.9 Å². The molecule has 0 bridgehead atoms. The molecule has 0 radical (unpaired) electrons. The Morgan fingerprint density at radius 3 is 2.20 bits per heavy atom. The highest BCUT2D eigenvalue weighted by molar-refractivity contribution is 7.90. The maximum absolute atomic E-state index is 14.3. The summed E-state index contributed by atoms with van der Waals surface area (Å²) in [5.74, 6) is -3.97. The van der Waals surface area contributed by atoms with Gasteiger partial charge in [0.25, 0.3) is 15.9 Å². The first-order chi connectivity index (χ1) is 18.4. The molecular formula is C29H27Cl2F2NO5S. The normalized spacial score (nSPS) is 13.4. The molecule has 3 aromatic carbocycles. The van der Waals surface area contributed by atoms with E-state index in [1.807, 2.05) is 0 Å². The van der Waals surface area contributed by atoms with Crippen molar-refractivity contribution in [1.82, 2.24) is 3.97 Å².